The van der Waals surface area contributed by atoms with Crippen LogP contribution in [0.15, 0.2) is 0 Å². The van der Waals surface area contributed by atoms with Crippen molar-refractivity contribution in [3.63, 3.8) is 0 Å². The van der Waals surface area contributed by atoms with Crippen molar-refractivity contribution < 1.29 is 80.2 Å². The molecule has 41 heavy (non-hydrogen) atoms. The third-order valence-corrected chi connectivity index (χ3v) is 7.59. The second-order valence-corrected chi connectivity index (χ2v) is 11.7. The maximum absolute atomic E-state index is 12.7. The molecule has 2 rings (SSSR count). The van der Waals surface area contributed by atoms with Gasteiger partial charge < -0.3 is 23.3 Å². The Hall–Kier alpha value is -0.840. The van der Waals surface area contributed by atoms with Crippen LogP contribution in [-0.2, 0) is 4.57 Å². The molecule has 2 fully saturated rings. The molecule has 2 saturated heterocycles. The Labute approximate surface area is 230 Å². The molecule has 4 unspecified atom stereocenters. The summed E-state index contributed by atoms with van der Waals surface area (Å²) in [5.41, 5.74) is 0. The van der Waals surface area contributed by atoms with Crippen molar-refractivity contribution in [3.05, 3.63) is 0 Å². The van der Waals surface area contributed by atoms with E-state index in [0.29, 0.717) is 51.9 Å². The Morgan fingerprint density at radius 1 is 0.659 bits per heavy atom. The summed E-state index contributed by atoms with van der Waals surface area (Å²) in [6.07, 6.45) is -18.9. The predicted molar refractivity (Wildman–Crippen MR) is 118 cm³/mol. The number of halogens is 13. The number of rotatable bonds is 6. The summed E-state index contributed by atoms with van der Waals surface area (Å²) in [5.74, 6) is -6.41. The Morgan fingerprint density at radius 2 is 0.878 bits per heavy atom. The molecule has 5 nitrogen and oxygen atoms in total. The number of alkyl halides is 12. The highest BCUT2D eigenvalue weighted by molar-refractivity contribution is 7.42. The SMILES string of the molecule is CCC[N+]1(C)CCCC1C(C(F)(F)F)C(F)(F)F.CCC[N+]1(C)CCCC1C(C(F)(F)F)C(F)(F)F.O=P([O-])([O-])F. The molecule has 0 spiro atoms. The maximum Gasteiger partial charge on any atom is 0.406 e. The molecule has 4 atom stereocenters. The molecule has 0 aromatic carbocycles. The average molecular weight is 654 g/mol. The van der Waals surface area contributed by atoms with Gasteiger partial charge in [0.25, 0.3) is 0 Å². The lowest BCUT2D eigenvalue weighted by Gasteiger charge is -2.41. The fourth-order valence-electron chi connectivity index (χ4n) is 6.15. The van der Waals surface area contributed by atoms with Crippen molar-refractivity contribution in [2.75, 3.05) is 40.3 Å². The Balaban J connectivity index is 0.000000671. The van der Waals surface area contributed by atoms with E-state index in [1.807, 2.05) is 0 Å². The second kappa shape index (κ2) is 14.3. The lowest BCUT2D eigenvalue weighted by Crippen LogP contribution is -2.58. The van der Waals surface area contributed by atoms with Gasteiger partial charge in [0, 0.05) is 25.7 Å². The molecule has 19 heteroatoms. The lowest BCUT2D eigenvalue weighted by atomic mass is 9.94. The van der Waals surface area contributed by atoms with Crippen molar-refractivity contribution in [2.45, 2.75) is 89.2 Å². The van der Waals surface area contributed by atoms with E-state index in [2.05, 4.69) is 0 Å². The third-order valence-electron chi connectivity index (χ3n) is 7.59. The van der Waals surface area contributed by atoms with Gasteiger partial charge in [-0.2, -0.15) is 52.7 Å². The first-order chi connectivity index (χ1) is 18.0. The van der Waals surface area contributed by atoms with Gasteiger partial charge in [0.15, 0.2) is 0 Å². The van der Waals surface area contributed by atoms with Crippen LogP contribution in [0.25, 0.3) is 0 Å². The first-order valence-electron chi connectivity index (χ1n) is 12.7. The van der Waals surface area contributed by atoms with Gasteiger partial charge in [0.05, 0.1) is 40.3 Å². The fourth-order valence-corrected chi connectivity index (χ4v) is 6.15. The predicted octanol–water partition coefficient (Wildman–Crippen LogP) is 6.28. The highest BCUT2D eigenvalue weighted by Gasteiger charge is 2.66. The highest BCUT2D eigenvalue weighted by Crippen LogP contribution is 2.48. The molecule has 2 aliphatic rings. The fraction of sp³-hybridized carbons (Fsp3) is 1.00. The standard InChI is InChI=1S/2C11H18F6N.FH2O3P/c2*1-3-6-18(2)7-4-5-8(18)9(10(12,13)14)11(15,16)17;1-5(2,3)4/h2*8-9H,3-7H2,1-2H3;(H2,2,3,4)/q2*+1;/p-2. The van der Waals surface area contributed by atoms with Gasteiger partial charge in [-0.05, 0) is 12.8 Å². The quantitative estimate of drug-likeness (QED) is 0.193. The van der Waals surface area contributed by atoms with Crippen LogP contribution >= 0.6 is 7.91 Å². The van der Waals surface area contributed by atoms with Crippen molar-refractivity contribution in [1.29, 1.82) is 0 Å². The van der Waals surface area contributed by atoms with E-state index in [1.54, 1.807) is 13.8 Å². The van der Waals surface area contributed by atoms with E-state index in [-0.39, 0.29) is 21.8 Å². The van der Waals surface area contributed by atoms with Gasteiger partial charge in [0.1, 0.15) is 20.0 Å². The summed E-state index contributed by atoms with van der Waals surface area (Å²) in [6.45, 7) is 5.03. The van der Waals surface area contributed by atoms with Crippen LogP contribution in [0.4, 0.5) is 56.9 Å². The van der Waals surface area contributed by atoms with Gasteiger partial charge in [-0.3, -0.25) is 0 Å². The molecule has 0 N–H and O–H groups in total. The molecule has 2 aliphatic heterocycles. The summed E-state index contributed by atoms with van der Waals surface area (Å²) in [5, 5.41) is 0. The molecule has 0 aromatic rings. The number of likely N-dealkylation sites (tertiary alicyclic amines) is 2. The molecule has 248 valence electrons. The van der Waals surface area contributed by atoms with Crippen molar-refractivity contribution in [1.82, 2.24) is 0 Å². The lowest BCUT2D eigenvalue weighted by molar-refractivity contribution is -0.928. The zero-order valence-electron chi connectivity index (χ0n) is 22.9. The summed E-state index contributed by atoms with van der Waals surface area (Å²) < 4.78 is 171. The van der Waals surface area contributed by atoms with Gasteiger partial charge >= 0.3 is 24.7 Å². The van der Waals surface area contributed by atoms with E-state index in [4.69, 9.17) is 14.4 Å². The minimum Gasteiger partial charge on any atom is -0.786 e. The van der Waals surface area contributed by atoms with Crippen LogP contribution in [0.3, 0.4) is 0 Å². The largest absolute Gasteiger partial charge is 0.786 e. The van der Waals surface area contributed by atoms with Crippen molar-refractivity contribution >= 4 is 7.91 Å². The molecule has 0 aliphatic carbocycles. The normalized spacial score (nSPS) is 27.9. The van der Waals surface area contributed by atoms with Gasteiger partial charge in [-0.25, -0.2) is 4.20 Å². The summed E-state index contributed by atoms with van der Waals surface area (Å²) >= 11 is 0. The summed E-state index contributed by atoms with van der Waals surface area (Å²) in [6, 6.07) is -2.80. The molecular weight excluding hydrogens is 618 g/mol. The summed E-state index contributed by atoms with van der Waals surface area (Å²) in [4.78, 5) is 16.9. The van der Waals surface area contributed by atoms with Crippen LogP contribution in [0.1, 0.15) is 52.4 Å². The second-order valence-electron chi connectivity index (χ2n) is 10.8. The topological polar surface area (TPSA) is 63.2 Å². The van der Waals surface area contributed by atoms with Crippen molar-refractivity contribution in [3.8, 4) is 0 Å². The van der Waals surface area contributed by atoms with E-state index in [9.17, 15) is 56.9 Å². The third kappa shape index (κ3) is 12.7. The zero-order chi connectivity index (χ0) is 32.9. The monoisotopic (exact) mass is 654 g/mol. The molecule has 0 radical (unpaired) electrons. The highest BCUT2D eigenvalue weighted by atomic mass is 31.2. The van der Waals surface area contributed by atoms with E-state index in [0.717, 1.165) is 0 Å². The van der Waals surface area contributed by atoms with Crippen LogP contribution in [0, 0.1) is 11.8 Å². The van der Waals surface area contributed by atoms with E-state index in [1.165, 1.54) is 14.1 Å². The van der Waals surface area contributed by atoms with Gasteiger partial charge in [-0.15, -0.1) is 0 Å². The molecule has 0 saturated carbocycles. The van der Waals surface area contributed by atoms with Gasteiger partial charge in [-0.1, -0.05) is 13.8 Å². The average Bonchev–Trinajstić information content (AvgIpc) is 3.20. The smallest absolute Gasteiger partial charge is 0.406 e. The molecule has 0 aromatic heterocycles. The van der Waals surface area contributed by atoms with Crippen LogP contribution < -0.4 is 9.79 Å². The van der Waals surface area contributed by atoms with Crippen LogP contribution in [0.5, 0.6) is 0 Å². The first kappa shape index (κ1) is 40.2. The number of hydrogen-bond acceptors (Lipinski definition) is 3. The van der Waals surface area contributed by atoms with E-state index >= 15 is 0 Å². The Morgan fingerprint density at radius 3 is 1.05 bits per heavy atom. The van der Waals surface area contributed by atoms with Crippen LogP contribution in [0.2, 0.25) is 0 Å². The van der Waals surface area contributed by atoms with E-state index < -0.39 is 56.5 Å². The number of nitrogens with zero attached hydrogens (tertiary/aromatic N) is 2. The summed E-state index contributed by atoms with van der Waals surface area (Å²) in [7, 11) is -2.63. The minimum atomic E-state index is -5.64. The Bertz CT molecular complexity index is 750. The molecule has 2 heterocycles. The first-order valence-corrected chi connectivity index (χ1v) is 14.1. The van der Waals surface area contributed by atoms with Crippen LogP contribution in [-0.4, -0.2) is 86.0 Å². The number of quaternary nitrogens is 2. The molecular formula is C22H36F13N2O3P. The number of hydrogen-bond donors (Lipinski definition) is 0. The minimum absolute atomic E-state index is 0.0137. The molecule has 0 amide bonds. The Kier molecular flexibility index (Phi) is 14.0. The zero-order valence-corrected chi connectivity index (χ0v) is 23.8. The van der Waals surface area contributed by atoms with Crippen molar-refractivity contribution in [2.24, 2.45) is 11.8 Å². The van der Waals surface area contributed by atoms with Gasteiger partial charge in [0.2, 0.25) is 11.8 Å². The maximum atomic E-state index is 12.7. The molecule has 0 bridgehead atoms.